The van der Waals surface area contributed by atoms with E-state index in [-0.39, 0.29) is 0 Å². The molecule has 1 N–H and O–H groups in total. The first-order chi connectivity index (χ1) is 6.38. The third kappa shape index (κ3) is 2.25. The third-order valence-electron chi connectivity index (χ3n) is 4.11. The van der Waals surface area contributed by atoms with Crippen LogP contribution in [-0.2, 0) is 0 Å². The van der Waals surface area contributed by atoms with E-state index in [0.29, 0.717) is 0 Å². The van der Waals surface area contributed by atoms with Crippen molar-refractivity contribution < 1.29 is 0 Å². The summed E-state index contributed by atoms with van der Waals surface area (Å²) in [4.78, 5) is 0. The van der Waals surface area contributed by atoms with Gasteiger partial charge < -0.3 is 5.32 Å². The summed E-state index contributed by atoms with van der Waals surface area (Å²) in [5.41, 5.74) is 0. The van der Waals surface area contributed by atoms with Crippen LogP contribution in [0.3, 0.4) is 0 Å². The molecule has 3 unspecified atom stereocenters. The van der Waals surface area contributed by atoms with Crippen molar-refractivity contribution >= 4 is 0 Å². The van der Waals surface area contributed by atoms with Crippen molar-refractivity contribution in [1.82, 2.24) is 5.32 Å². The lowest BCUT2D eigenvalue weighted by atomic mass is 9.81. The lowest BCUT2D eigenvalue weighted by Crippen LogP contribution is -2.20. The third-order valence-corrected chi connectivity index (χ3v) is 4.11. The first kappa shape index (κ1) is 9.51. The Morgan fingerprint density at radius 2 is 1.69 bits per heavy atom. The molecule has 1 saturated heterocycles. The predicted octanol–water partition coefficient (Wildman–Crippen LogP) is 2.81. The van der Waals surface area contributed by atoms with Gasteiger partial charge in [-0.25, -0.2) is 0 Å². The first-order valence-electron chi connectivity index (χ1n) is 6.08. The number of rotatable bonds is 0. The molecule has 1 heterocycles. The van der Waals surface area contributed by atoms with Crippen LogP contribution in [0.1, 0.15) is 45.4 Å². The highest BCUT2D eigenvalue weighted by molar-refractivity contribution is 4.84. The van der Waals surface area contributed by atoms with E-state index in [4.69, 9.17) is 0 Å². The Morgan fingerprint density at radius 1 is 0.923 bits per heavy atom. The highest BCUT2D eigenvalue weighted by atomic mass is 14.9. The lowest BCUT2D eigenvalue weighted by Gasteiger charge is -2.23. The fourth-order valence-electron chi connectivity index (χ4n) is 3.18. The topological polar surface area (TPSA) is 12.0 Å². The average molecular weight is 181 g/mol. The van der Waals surface area contributed by atoms with Crippen LogP contribution in [0.5, 0.6) is 0 Å². The van der Waals surface area contributed by atoms with Gasteiger partial charge >= 0.3 is 0 Å². The van der Waals surface area contributed by atoms with E-state index in [9.17, 15) is 0 Å². The molecule has 2 rings (SSSR count). The molecular weight excluding hydrogens is 158 g/mol. The van der Waals surface area contributed by atoms with Crippen LogP contribution in [0.15, 0.2) is 0 Å². The second kappa shape index (κ2) is 4.45. The summed E-state index contributed by atoms with van der Waals surface area (Å²) in [7, 11) is 0. The predicted molar refractivity (Wildman–Crippen MR) is 56.7 cm³/mol. The van der Waals surface area contributed by atoms with Gasteiger partial charge in [0, 0.05) is 0 Å². The minimum absolute atomic E-state index is 0.970. The van der Waals surface area contributed by atoms with Crippen molar-refractivity contribution in [3.63, 3.8) is 0 Å². The van der Waals surface area contributed by atoms with Gasteiger partial charge in [0.1, 0.15) is 0 Å². The largest absolute Gasteiger partial charge is 0.316 e. The molecule has 1 nitrogen and oxygen atoms in total. The zero-order valence-corrected chi connectivity index (χ0v) is 8.89. The summed E-state index contributed by atoms with van der Waals surface area (Å²) in [6.07, 6.45) is 8.89. The van der Waals surface area contributed by atoms with Gasteiger partial charge in [-0.1, -0.05) is 39.0 Å². The minimum atomic E-state index is 0.970. The summed E-state index contributed by atoms with van der Waals surface area (Å²) in [5, 5.41) is 3.57. The van der Waals surface area contributed by atoms with Crippen LogP contribution in [0, 0.1) is 17.8 Å². The Bertz CT molecular complexity index is 155. The standard InChI is InChI=1S/C12H23N/c1-10-6-4-2-3-5-7-11-8-13-9-12(10)11/h10-13H,2-9H2,1H3. The van der Waals surface area contributed by atoms with Crippen LogP contribution < -0.4 is 5.32 Å². The van der Waals surface area contributed by atoms with Gasteiger partial charge in [0.05, 0.1) is 0 Å². The van der Waals surface area contributed by atoms with Gasteiger partial charge in [-0.2, -0.15) is 0 Å². The van der Waals surface area contributed by atoms with Crippen molar-refractivity contribution in [2.75, 3.05) is 13.1 Å². The van der Waals surface area contributed by atoms with Crippen LogP contribution in [0.4, 0.5) is 0 Å². The molecule has 0 spiro atoms. The summed E-state index contributed by atoms with van der Waals surface area (Å²) < 4.78 is 0. The van der Waals surface area contributed by atoms with E-state index < -0.39 is 0 Å². The quantitative estimate of drug-likeness (QED) is 0.606. The van der Waals surface area contributed by atoms with Crippen LogP contribution in [0.25, 0.3) is 0 Å². The van der Waals surface area contributed by atoms with E-state index >= 15 is 0 Å². The van der Waals surface area contributed by atoms with Gasteiger partial charge in [0.15, 0.2) is 0 Å². The normalized spacial score (nSPS) is 41.8. The van der Waals surface area contributed by atoms with E-state index in [1.807, 2.05) is 0 Å². The smallest absolute Gasteiger partial charge is 0.00147 e. The first-order valence-corrected chi connectivity index (χ1v) is 6.08. The monoisotopic (exact) mass is 181 g/mol. The molecule has 0 aromatic carbocycles. The van der Waals surface area contributed by atoms with E-state index in [1.54, 1.807) is 0 Å². The zero-order valence-electron chi connectivity index (χ0n) is 8.89. The van der Waals surface area contributed by atoms with E-state index in [2.05, 4.69) is 12.2 Å². The molecule has 0 bridgehead atoms. The van der Waals surface area contributed by atoms with Gasteiger partial charge in [-0.05, 0) is 37.3 Å². The maximum absolute atomic E-state index is 3.57. The zero-order chi connectivity index (χ0) is 9.10. The Labute approximate surface area is 82.3 Å². The molecule has 1 saturated carbocycles. The second-order valence-electron chi connectivity index (χ2n) is 5.05. The van der Waals surface area contributed by atoms with Crippen molar-refractivity contribution in [1.29, 1.82) is 0 Å². The summed E-state index contributed by atoms with van der Waals surface area (Å²) in [6, 6.07) is 0. The molecule has 0 aromatic heterocycles. The fraction of sp³-hybridized carbons (Fsp3) is 1.00. The van der Waals surface area contributed by atoms with Gasteiger partial charge in [0.2, 0.25) is 0 Å². The van der Waals surface area contributed by atoms with Gasteiger partial charge in [0.25, 0.3) is 0 Å². The Balaban J connectivity index is 1.96. The van der Waals surface area contributed by atoms with Crippen LogP contribution in [-0.4, -0.2) is 13.1 Å². The molecule has 1 aliphatic heterocycles. The average Bonchev–Trinajstić information content (AvgIpc) is 2.58. The number of hydrogen-bond donors (Lipinski definition) is 1. The molecule has 0 aromatic rings. The molecule has 0 radical (unpaired) electrons. The molecule has 13 heavy (non-hydrogen) atoms. The van der Waals surface area contributed by atoms with Crippen molar-refractivity contribution in [3.05, 3.63) is 0 Å². The molecule has 76 valence electrons. The van der Waals surface area contributed by atoms with E-state index in [0.717, 1.165) is 17.8 Å². The summed E-state index contributed by atoms with van der Waals surface area (Å²) in [5.74, 6) is 2.98. The Morgan fingerprint density at radius 3 is 2.54 bits per heavy atom. The molecular formula is C12H23N. The van der Waals surface area contributed by atoms with Crippen molar-refractivity contribution in [2.24, 2.45) is 17.8 Å². The molecule has 3 atom stereocenters. The van der Waals surface area contributed by atoms with Crippen molar-refractivity contribution in [3.8, 4) is 0 Å². The van der Waals surface area contributed by atoms with Gasteiger partial charge in [-0.3, -0.25) is 0 Å². The number of hydrogen-bond acceptors (Lipinski definition) is 1. The molecule has 0 amide bonds. The minimum Gasteiger partial charge on any atom is -0.316 e. The van der Waals surface area contributed by atoms with E-state index in [1.165, 1.54) is 51.6 Å². The molecule has 2 fully saturated rings. The van der Waals surface area contributed by atoms with Crippen LogP contribution >= 0.6 is 0 Å². The lowest BCUT2D eigenvalue weighted by molar-refractivity contribution is 0.278. The molecule has 1 aliphatic carbocycles. The number of nitrogens with one attached hydrogen (secondary N) is 1. The maximum Gasteiger partial charge on any atom is -0.00147 e. The Hall–Kier alpha value is -0.0400. The fourth-order valence-corrected chi connectivity index (χ4v) is 3.18. The molecule has 2 aliphatic rings. The highest BCUT2D eigenvalue weighted by Crippen LogP contribution is 2.33. The Kier molecular flexibility index (Phi) is 3.26. The SMILES string of the molecule is CC1CCCCCCC2CNCC12. The summed E-state index contributed by atoms with van der Waals surface area (Å²) in [6.45, 7) is 5.07. The van der Waals surface area contributed by atoms with Crippen molar-refractivity contribution in [2.45, 2.75) is 45.4 Å². The highest BCUT2D eigenvalue weighted by Gasteiger charge is 2.30. The number of fused-ring (bicyclic) bond motifs is 1. The van der Waals surface area contributed by atoms with Gasteiger partial charge in [-0.15, -0.1) is 0 Å². The van der Waals surface area contributed by atoms with Crippen LogP contribution in [0.2, 0.25) is 0 Å². The summed E-state index contributed by atoms with van der Waals surface area (Å²) >= 11 is 0. The maximum atomic E-state index is 3.57. The molecule has 1 heteroatoms. The second-order valence-corrected chi connectivity index (χ2v) is 5.05.